The number of rotatable bonds is 8. The number of benzene rings is 10. The van der Waals surface area contributed by atoms with Gasteiger partial charge >= 0.3 is 0 Å². The van der Waals surface area contributed by atoms with Gasteiger partial charge in [0.25, 0.3) is 0 Å². The number of hydrogen-bond acceptors (Lipinski definition) is 2. The van der Waals surface area contributed by atoms with E-state index in [-0.39, 0.29) is 0 Å². The zero-order valence-electron chi connectivity index (χ0n) is 32.9. The fraction of sp³-hybridized carbons (Fsp3) is 0. The highest BCUT2D eigenvalue weighted by Crippen LogP contribution is 2.48. The molecule has 2 heteroatoms. The highest BCUT2D eigenvalue weighted by Gasteiger charge is 2.24. The molecule has 11 aromatic rings. The summed E-state index contributed by atoms with van der Waals surface area (Å²) in [7, 11) is 0. The van der Waals surface area contributed by atoms with Gasteiger partial charge in [0.05, 0.1) is 5.69 Å². The average Bonchev–Trinajstić information content (AvgIpc) is 3.73. The van der Waals surface area contributed by atoms with Crippen molar-refractivity contribution in [3.63, 3.8) is 0 Å². The molecule has 1 heterocycles. The van der Waals surface area contributed by atoms with Crippen LogP contribution in [-0.4, -0.2) is 0 Å². The van der Waals surface area contributed by atoms with E-state index in [0.29, 0.717) is 0 Å². The molecule has 0 amide bonds. The molecule has 2 nitrogen and oxygen atoms in total. The summed E-state index contributed by atoms with van der Waals surface area (Å²) in [6.45, 7) is 0. The largest absolute Gasteiger partial charge is 0.453 e. The Morgan fingerprint density at radius 1 is 0.283 bits per heavy atom. The molecule has 60 heavy (non-hydrogen) atoms. The van der Waals surface area contributed by atoms with Crippen LogP contribution in [0.2, 0.25) is 0 Å². The average molecular weight is 766 g/mol. The third kappa shape index (κ3) is 6.32. The van der Waals surface area contributed by atoms with Gasteiger partial charge in [-0.2, -0.15) is 0 Å². The lowest BCUT2D eigenvalue weighted by molar-refractivity contribution is 0.670. The number of furan rings is 1. The second-order valence-electron chi connectivity index (χ2n) is 15.3. The van der Waals surface area contributed by atoms with Gasteiger partial charge in [-0.05, 0) is 97.2 Å². The molecule has 282 valence electrons. The molecule has 0 N–H and O–H groups in total. The van der Waals surface area contributed by atoms with Crippen molar-refractivity contribution in [2.24, 2.45) is 0 Å². The molecule has 0 radical (unpaired) electrons. The first-order chi connectivity index (χ1) is 29.8. The van der Waals surface area contributed by atoms with Gasteiger partial charge in [-0.15, -0.1) is 0 Å². The summed E-state index contributed by atoms with van der Waals surface area (Å²) in [4.78, 5) is 2.34. The summed E-state index contributed by atoms with van der Waals surface area (Å²) < 4.78 is 7.19. The smallest absolute Gasteiger partial charge is 0.160 e. The third-order valence-electron chi connectivity index (χ3n) is 11.7. The molecular weight excluding hydrogens is 727 g/mol. The maximum absolute atomic E-state index is 7.19. The monoisotopic (exact) mass is 765 g/mol. The molecule has 0 aliphatic carbocycles. The summed E-state index contributed by atoms with van der Waals surface area (Å²) in [6, 6.07) is 84.6. The first-order valence-electron chi connectivity index (χ1n) is 20.5. The van der Waals surface area contributed by atoms with Crippen LogP contribution in [0.15, 0.2) is 241 Å². The van der Waals surface area contributed by atoms with Crippen LogP contribution in [0.4, 0.5) is 17.1 Å². The predicted octanol–water partition coefficient (Wildman–Crippen LogP) is 16.5. The van der Waals surface area contributed by atoms with E-state index in [1.54, 1.807) is 0 Å². The minimum Gasteiger partial charge on any atom is -0.453 e. The Hall–Kier alpha value is -7.94. The van der Waals surface area contributed by atoms with Crippen LogP contribution >= 0.6 is 0 Å². The zero-order valence-corrected chi connectivity index (χ0v) is 32.9. The van der Waals surface area contributed by atoms with Gasteiger partial charge in [0.1, 0.15) is 5.58 Å². The summed E-state index contributed by atoms with van der Waals surface area (Å²) in [6.07, 6.45) is 0. The van der Waals surface area contributed by atoms with E-state index in [2.05, 4.69) is 241 Å². The molecule has 0 aliphatic heterocycles. The molecule has 0 atom stereocenters. The molecule has 0 fully saturated rings. The van der Waals surface area contributed by atoms with E-state index in [0.717, 1.165) is 66.8 Å². The van der Waals surface area contributed by atoms with Crippen LogP contribution in [-0.2, 0) is 0 Å². The van der Waals surface area contributed by atoms with Crippen LogP contribution in [0.25, 0.3) is 88.3 Å². The zero-order chi connectivity index (χ0) is 39.8. The summed E-state index contributed by atoms with van der Waals surface area (Å²) >= 11 is 0. The van der Waals surface area contributed by atoms with E-state index < -0.39 is 0 Å². The minimum atomic E-state index is 0.842. The Bertz CT molecular complexity index is 3260. The second kappa shape index (κ2) is 15.1. The van der Waals surface area contributed by atoms with E-state index in [4.69, 9.17) is 4.42 Å². The predicted molar refractivity (Wildman–Crippen MR) is 253 cm³/mol. The van der Waals surface area contributed by atoms with E-state index in [9.17, 15) is 0 Å². The van der Waals surface area contributed by atoms with E-state index >= 15 is 0 Å². The second-order valence-corrected chi connectivity index (χ2v) is 15.3. The highest BCUT2D eigenvalue weighted by atomic mass is 16.3. The Labute approximate surface area is 349 Å². The minimum absolute atomic E-state index is 0.842. The number of hydrogen-bond donors (Lipinski definition) is 0. The maximum Gasteiger partial charge on any atom is 0.160 e. The van der Waals surface area contributed by atoms with Crippen molar-refractivity contribution in [2.45, 2.75) is 0 Å². The van der Waals surface area contributed by atoms with E-state index in [1.165, 1.54) is 38.6 Å². The fourth-order valence-electron chi connectivity index (χ4n) is 8.75. The van der Waals surface area contributed by atoms with Gasteiger partial charge in [-0.1, -0.05) is 200 Å². The van der Waals surface area contributed by atoms with Gasteiger partial charge in [0, 0.05) is 27.7 Å². The highest BCUT2D eigenvalue weighted by molar-refractivity contribution is 6.19. The van der Waals surface area contributed by atoms with Gasteiger partial charge < -0.3 is 9.32 Å². The number of nitrogens with zero attached hydrogens (tertiary/aromatic N) is 1. The van der Waals surface area contributed by atoms with Crippen molar-refractivity contribution in [2.75, 3.05) is 4.90 Å². The molecule has 10 aromatic carbocycles. The Balaban J connectivity index is 1.10. The first kappa shape index (κ1) is 35.2. The Morgan fingerprint density at radius 2 is 0.767 bits per heavy atom. The number of anilines is 3. The SMILES string of the molecule is c1ccc(-c2ccc(N(c3ccc(-c4ccc5cccc(-c6ccccc6)c5c4)cc3)c3ccc(-c4ccccc4)c4c3oc3c(-c5ccccc5)cccc34)cc2)cc1. The van der Waals surface area contributed by atoms with Crippen LogP contribution in [0.5, 0.6) is 0 Å². The number of para-hydroxylation sites is 1. The third-order valence-corrected chi connectivity index (χ3v) is 11.7. The van der Waals surface area contributed by atoms with Crippen molar-refractivity contribution >= 4 is 49.8 Å². The molecule has 0 spiro atoms. The number of fused-ring (bicyclic) bond motifs is 4. The molecule has 0 unspecified atom stereocenters. The molecule has 0 aliphatic rings. The summed E-state index contributed by atoms with van der Waals surface area (Å²) in [5.41, 5.74) is 16.4. The van der Waals surface area contributed by atoms with Gasteiger partial charge in [0.15, 0.2) is 5.58 Å². The van der Waals surface area contributed by atoms with Crippen LogP contribution in [0, 0.1) is 0 Å². The molecule has 0 saturated carbocycles. The Morgan fingerprint density at radius 3 is 1.38 bits per heavy atom. The molecular formula is C58H39NO. The van der Waals surface area contributed by atoms with Crippen molar-refractivity contribution in [3.8, 4) is 55.6 Å². The van der Waals surface area contributed by atoms with E-state index in [1.807, 2.05) is 0 Å². The lowest BCUT2D eigenvalue weighted by atomic mass is 9.94. The van der Waals surface area contributed by atoms with Crippen molar-refractivity contribution in [3.05, 3.63) is 237 Å². The van der Waals surface area contributed by atoms with Crippen LogP contribution in [0.3, 0.4) is 0 Å². The molecule has 0 bridgehead atoms. The first-order valence-corrected chi connectivity index (χ1v) is 20.5. The molecule has 1 aromatic heterocycles. The van der Waals surface area contributed by atoms with Crippen molar-refractivity contribution in [1.82, 2.24) is 0 Å². The van der Waals surface area contributed by atoms with Gasteiger partial charge in [-0.3, -0.25) is 0 Å². The van der Waals surface area contributed by atoms with Crippen molar-refractivity contribution < 1.29 is 4.42 Å². The quantitative estimate of drug-likeness (QED) is 0.153. The molecule has 0 saturated heterocycles. The summed E-state index contributed by atoms with van der Waals surface area (Å²) in [5, 5.41) is 4.66. The van der Waals surface area contributed by atoms with Crippen LogP contribution < -0.4 is 4.90 Å². The fourth-order valence-corrected chi connectivity index (χ4v) is 8.75. The lowest BCUT2D eigenvalue weighted by Gasteiger charge is -2.26. The lowest BCUT2D eigenvalue weighted by Crippen LogP contribution is -2.10. The van der Waals surface area contributed by atoms with Gasteiger partial charge in [0.2, 0.25) is 0 Å². The van der Waals surface area contributed by atoms with Gasteiger partial charge in [-0.25, -0.2) is 0 Å². The summed E-state index contributed by atoms with van der Waals surface area (Å²) in [5.74, 6) is 0. The molecule has 11 rings (SSSR count). The normalized spacial score (nSPS) is 11.3. The van der Waals surface area contributed by atoms with Crippen LogP contribution in [0.1, 0.15) is 0 Å². The van der Waals surface area contributed by atoms with Crippen molar-refractivity contribution in [1.29, 1.82) is 0 Å². The standard InChI is InChI=1S/C58H39NO/c1-5-15-40(16-6-1)41-29-33-48(34-30-41)59(49-35-31-42(32-36-49)47-28-27-46-23-13-24-50(54(46)39-47)43-17-7-2-8-18-43)55-38-37-51(44-19-9-3-10-20-44)56-53-26-14-25-52(57(53)60-58(55)56)45-21-11-4-12-22-45/h1-39H. The topological polar surface area (TPSA) is 16.4 Å². The maximum atomic E-state index is 7.19. The Kier molecular flexibility index (Phi) is 8.87.